The minimum absolute atomic E-state index is 0.265. The molecular formula is C11H14N2O3. The number of ether oxygens (including phenoxy) is 1. The summed E-state index contributed by atoms with van der Waals surface area (Å²) in [4.78, 5) is 14.9. The topological polar surface area (TPSA) is 71.5 Å². The van der Waals surface area contributed by atoms with Crippen LogP contribution in [0, 0.1) is 0 Å². The Labute approximate surface area is 93.5 Å². The third kappa shape index (κ3) is 2.49. The number of nitrogens with one attached hydrogen (secondary N) is 1. The van der Waals surface area contributed by atoms with Gasteiger partial charge in [-0.05, 0) is 18.9 Å². The molecule has 0 amide bonds. The summed E-state index contributed by atoms with van der Waals surface area (Å²) in [5.41, 5.74) is 0.850. The lowest BCUT2D eigenvalue weighted by Crippen LogP contribution is -2.28. The molecule has 1 aromatic rings. The van der Waals surface area contributed by atoms with Gasteiger partial charge in [0.05, 0.1) is 17.4 Å². The molecule has 5 heteroatoms. The molecule has 0 atom stereocenters. The molecule has 0 unspecified atom stereocenters. The lowest BCUT2D eigenvalue weighted by Gasteiger charge is -2.24. The number of aromatic nitrogens is 1. The zero-order chi connectivity index (χ0) is 11.4. The van der Waals surface area contributed by atoms with Crippen molar-refractivity contribution in [3.05, 3.63) is 24.0 Å². The molecule has 2 rings (SSSR count). The Morgan fingerprint density at radius 1 is 1.50 bits per heavy atom. The molecule has 86 valence electrons. The number of rotatable bonds is 3. The van der Waals surface area contributed by atoms with Crippen LogP contribution >= 0.6 is 0 Å². The number of carboxylic acid groups (broad SMARTS) is 1. The van der Waals surface area contributed by atoms with Gasteiger partial charge in [0.2, 0.25) is 0 Å². The van der Waals surface area contributed by atoms with Crippen LogP contribution < -0.4 is 5.32 Å². The lowest BCUT2D eigenvalue weighted by molar-refractivity contribution is 0.0697. The summed E-state index contributed by atoms with van der Waals surface area (Å²) in [6.07, 6.45) is 4.83. The van der Waals surface area contributed by atoms with Gasteiger partial charge in [0.25, 0.3) is 0 Å². The number of hydrogen-bond acceptors (Lipinski definition) is 4. The SMILES string of the molecule is O=C(O)c1ccncc1NC1CCOCC1. The van der Waals surface area contributed by atoms with Gasteiger partial charge in [-0.3, -0.25) is 4.98 Å². The average Bonchev–Trinajstić information content (AvgIpc) is 2.31. The van der Waals surface area contributed by atoms with Crippen molar-refractivity contribution in [3.8, 4) is 0 Å². The van der Waals surface area contributed by atoms with Crippen LogP contribution in [0.3, 0.4) is 0 Å². The predicted octanol–water partition coefficient (Wildman–Crippen LogP) is 1.37. The Kier molecular flexibility index (Phi) is 3.36. The molecule has 16 heavy (non-hydrogen) atoms. The molecule has 1 aliphatic heterocycles. The van der Waals surface area contributed by atoms with Crippen molar-refractivity contribution in [1.82, 2.24) is 4.98 Å². The third-order valence-electron chi connectivity index (χ3n) is 2.63. The average molecular weight is 222 g/mol. The number of pyridine rings is 1. The van der Waals surface area contributed by atoms with Gasteiger partial charge >= 0.3 is 5.97 Å². The second-order valence-corrected chi connectivity index (χ2v) is 3.76. The molecule has 1 aliphatic rings. The van der Waals surface area contributed by atoms with E-state index in [1.807, 2.05) is 0 Å². The van der Waals surface area contributed by atoms with Gasteiger partial charge < -0.3 is 15.2 Å². The fourth-order valence-electron chi connectivity index (χ4n) is 1.76. The zero-order valence-corrected chi connectivity index (χ0v) is 8.85. The Balaban J connectivity index is 2.10. The second kappa shape index (κ2) is 4.94. The Morgan fingerprint density at radius 2 is 2.25 bits per heavy atom. The first-order valence-electron chi connectivity index (χ1n) is 5.29. The zero-order valence-electron chi connectivity index (χ0n) is 8.85. The molecule has 5 nitrogen and oxygen atoms in total. The van der Waals surface area contributed by atoms with Crippen molar-refractivity contribution >= 4 is 11.7 Å². The van der Waals surface area contributed by atoms with E-state index < -0.39 is 5.97 Å². The van der Waals surface area contributed by atoms with E-state index in [9.17, 15) is 4.79 Å². The molecule has 0 radical (unpaired) electrons. The summed E-state index contributed by atoms with van der Waals surface area (Å²) in [6.45, 7) is 1.45. The molecule has 2 heterocycles. The van der Waals surface area contributed by atoms with Gasteiger partial charge in [-0.1, -0.05) is 0 Å². The molecule has 0 spiro atoms. The number of carboxylic acids is 1. The normalized spacial score (nSPS) is 17.0. The largest absolute Gasteiger partial charge is 0.478 e. The molecule has 0 bridgehead atoms. The van der Waals surface area contributed by atoms with Gasteiger partial charge in [-0.25, -0.2) is 4.79 Å². The van der Waals surface area contributed by atoms with Crippen LogP contribution in [0.4, 0.5) is 5.69 Å². The molecule has 1 aromatic heterocycles. The summed E-state index contributed by atoms with van der Waals surface area (Å²) in [7, 11) is 0. The van der Waals surface area contributed by atoms with E-state index >= 15 is 0 Å². The van der Waals surface area contributed by atoms with Crippen molar-refractivity contribution in [3.63, 3.8) is 0 Å². The summed E-state index contributed by atoms with van der Waals surface area (Å²) in [5, 5.41) is 12.2. The van der Waals surface area contributed by atoms with E-state index in [1.165, 1.54) is 12.3 Å². The first-order chi connectivity index (χ1) is 7.77. The standard InChI is InChI=1S/C11H14N2O3/c14-11(15)9-1-4-12-7-10(9)13-8-2-5-16-6-3-8/h1,4,7-8,13H,2-3,5-6H2,(H,14,15). The molecule has 0 aliphatic carbocycles. The van der Waals surface area contributed by atoms with Gasteiger partial charge in [0, 0.05) is 25.5 Å². The monoisotopic (exact) mass is 222 g/mol. The van der Waals surface area contributed by atoms with Gasteiger partial charge in [0.15, 0.2) is 0 Å². The number of anilines is 1. The Hall–Kier alpha value is -1.62. The predicted molar refractivity (Wildman–Crippen MR) is 58.7 cm³/mol. The highest BCUT2D eigenvalue weighted by Gasteiger charge is 2.16. The molecule has 1 saturated heterocycles. The Morgan fingerprint density at radius 3 is 2.94 bits per heavy atom. The summed E-state index contributed by atoms with van der Waals surface area (Å²) < 4.78 is 5.24. The minimum atomic E-state index is -0.933. The summed E-state index contributed by atoms with van der Waals surface area (Å²) >= 11 is 0. The van der Waals surface area contributed by atoms with Crippen molar-refractivity contribution < 1.29 is 14.6 Å². The van der Waals surface area contributed by atoms with Crippen molar-refractivity contribution in [2.75, 3.05) is 18.5 Å². The number of nitrogens with zero attached hydrogens (tertiary/aromatic N) is 1. The summed E-state index contributed by atoms with van der Waals surface area (Å²) in [6, 6.07) is 1.78. The van der Waals surface area contributed by atoms with Crippen LogP contribution in [0.5, 0.6) is 0 Å². The first-order valence-corrected chi connectivity index (χ1v) is 5.29. The van der Waals surface area contributed by atoms with Gasteiger partial charge in [0.1, 0.15) is 0 Å². The highest BCUT2D eigenvalue weighted by molar-refractivity contribution is 5.93. The molecule has 1 fully saturated rings. The van der Waals surface area contributed by atoms with Crippen LogP contribution in [-0.4, -0.2) is 35.3 Å². The van der Waals surface area contributed by atoms with Crippen LogP contribution in [0.1, 0.15) is 23.2 Å². The van der Waals surface area contributed by atoms with E-state index in [0.29, 0.717) is 5.69 Å². The van der Waals surface area contributed by atoms with Crippen LogP contribution in [0.15, 0.2) is 18.5 Å². The van der Waals surface area contributed by atoms with E-state index in [0.717, 1.165) is 26.1 Å². The number of carbonyl (C=O) groups is 1. The maximum Gasteiger partial charge on any atom is 0.337 e. The van der Waals surface area contributed by atoms with Crippen molar-refractivity contribution in [1.29, 1.82) is 0 Å². The highest BCUT2D eigenvalue weighted by Crippen LogP contribution is 2.18. The summed E-state index contributed by atoms with van der Waals surface area (Å²) in [5.74, 6) is -0.933. The van der Waals surface area contributed by atoms with Crippen LogP contribution in [-0.2, 0) is 4.74 Å². The molecule has 2 N–H and O–H groups in total. The van der Waals surface area contributed by atoms with Crippen molar-refractivity contribution in [2.45, 2.75) is 18.9 Å². The first kappa shape index (κ1) is 10.9. The van der Waals surface area contributed by atoms with Crippen LogP contribution in [0.25, 0.3) is 0 Å². The molecular weight excluding hydrogens is 208 g/mol. The van der Waals surface area contributed by atoms with Gasteiger partial charge in [-0.2, -0.15) is 0 Å². The second-order valence-electron chi connectivity index (χ2n) is 3.76. The smallest absolute Gasteiger partial charge is 0.337 e. The quantitative estimate of drug-likeness (QED) is 0.808. The lowest BCUT2D eigenvalue weighted by atomic mass is 10.1. The van der Waals surface area contributed by atoms with E-state index in [2.05, 4.69) is 10.3 Å². The highest BCUT2D eigenvalue weighted by atomic mass is 16.5. The van der Waals surface area contributed by atoms with E-state index in [4.69, 9.17) is 9.84 Å². The van der Waals surface area contributed by atoms with Crippen LogP contribution in [0.2, 0.25) is 0 Å². The molecule has 0 saturated carbocycles. The van der Waals surface area contributed by atoms with E-state index in [1.54, 1.807) is 6.20 Å². The maximum absolute atomic E-state index is 11.0. The van der Waals surface area contributed by atoms with E-state index in [-0.39, 0.29) is 11.6 Å². The molecule has 0 aromatic carbocycles. The number of hydrogen-bond donors (Lipinski definition) is 2. The fourth-order valence-corrected chi connectivity index (χ4v) is 1.76. The maximum atomic E-state index is 11.0. The Bertz CT molecular complexity index is 375. The fraction of sp³-hybridized carbons (Fsp3) is 0.455. The minimum Gasteiger partial charge on any atom is -0.478 e. The van der Waals surface area contributed by atoms with Crippen molar-refractivity contribution in [2.24, 2.45) is 0 Å². The number of aromatic carboxylic acids is 1. The third-order valence-corrected chi connectivity index (χ3v) is 2.63. The van der Waals surface area contributed by atoms with Gasteiger partial charge in [-0.15, -0.1) is 0 Å².